The lowest BCUT2D eigenvalue weighted by Gasteiger charge is -2.19. The summed E-state index contributed by atoms with van der Waals surface area (Å²) in [7, 11) is 0. The Morgan fingerprint density at radius 1 is 1.35 bits per heavy atom. The van der Waals surface area contributed by atoms with Gasteiger partial charge in [0.25, 0.3) is 5.89 Å². The van der Waals surface area contributed by atoms with Crippen molar-refractivity contribution in [3.05, 3.63) is 23.4 Å². The number of nitrogens with zero attached hydrogens (tertiary/aromatic N) is 3. The van der Waals surface area contributed by atoms with Crippen molar-refractivity contribution in [3.63, 3.8) is 0 Å². The maximum absolute atomic E-state index is 5.75. The summed E-state index contributed by atoms with van der Waals surface area (Å²) in [5.74, 6) is 1.37. The molecule has 1 atom stereocenters. The molecule has 3 rings (SSSR count). The van der Waals surface area contributed by atoms with Crippen LogP contribution in [0.3, 0.4) is 0 Å². The van der Waals surface area contributed by atoms with E-state index in [1.807, 2.05) is 17.5 Å². The van der Waals surface area contributed by atoms with Crippen LogP contribution >= 0.6 is 11.3 Å². The van der Waals surface area contributed by atoms with E-state index in [1.54, 1.807) is 11.3 Å². The Morgan fingerprint density at radius 3 is 2.88 bits per heavy atom. The normalized spacial score (nSPS) is 18.6. The summed E-state index contributed by atoms with van der Waals surface area (Å²) in [5, 5.41) is 10.3. The molecule has 0 amide bonds. The highest BCUT2D eigenvalue weighted by atomic mass is 32.1. The summed E-state index contributed by atoms with van der Waals surface area (Å²) in [5.41, 5.74) is 0. The second-order valence-electron chi connectivity index (χ2n) is 4.34. The van der Waals surface area contributed by atoms with Crippen molar-refractivity contribution >= 4 is 11.3 Å². The summed E-state index contributed by atoms with van der Waals surface area (Å²) in [4.78, 5) is 3.43. The van der Waals surface area contributed by atoms with Gasteiger partial charge in [-0.2, -0.15) is 0 Å². The molecule has 0 aliphatic carbocycles. The number of hydrogen-bond donors (Lipinski definition) is 0. The lowest BCUT2D eigenvalue weighted by atomic mass is 10.3. The van der Waals surface area contributed by atoms with E-state index in [4.69, 9.17) is 4.42 Å². The number of aromatic nitrogens is 2. The Kier molecular flexibility index (Phi) is 2.94. The van der Waals surface area contributed by atoms with Gasteiger partial charge in [-0.1, -0.05) is 6.07 Å². The van der Waals surface area contributed by atoms with Gasteiger partial charge >= 0.3 is 0 Å². The zero-order valence-corrected chi connectivity index (χ0v) is 10.6. The summed E-state index contributed by atoms with van der Waals surface area (Å²) < 4.78 is 5.75. The first-order chi connectivity index (χ1) is 8.34. The minimum atomic E-state index is 0.235. The van der Waals surface area contributed by atoms with Gasteiger partial charge < -0.3 is 4.42 Å². The fourth-order valence-electron chi connectivity index (χ4n) is 2.19. The standard InChI is InChI=1S/C12H15N3OS/c1-9(15-6-2-3-7-15)11-13-14-12(16-11)10-5-4-8-17-10/h4-5,8-9H,2-3,6-7H2,1H3. The van der Waals surface area contributed by atoms with E-state index in [-0.39, 0.29) is 6.04 Å². The lowest BCUT2D eigenvalue weighted by Crippen LogP contribution is -2.23. The van der Waals surface area contributed by atoms with Gasteiger partial charge in [0.2, 0.25) is 5.89 Å². The highest BCUT2D eigenvalue weighted by Crippen LogP contribution is 2.28. The van der Waals surface area contributed by atoms with Gasteiger partial charge in [0.05, 0.1) is 10.9 Å². The number of likely N-dealkylation sites (tertiary alicyclic amines) is 1. The Hall–Kier alpha value is -1.20. The molecular weight excluding hydrogens is 234 g/mol. The first-order valence-corrected chi connectivity index (χ1v) is 6.84. The minimum absolute atomic E-state index is 0.235. The number of hydrogen-bond acceptors (Lipinski definition) is 5. The van der Waals surface area contributed by atoms with Crippen LogP contribution in [0.25, 0.3) is 10.8 Å². The maximum atomic E-state index is 5.75. The van der Waals surface area contributed by atoms with Gasteiger partial charge in [0, 0.05) is 0 Å². The van der Waals surface area contributed by atoms with Gasteiger partial charge in [-0.25, -0.2) is 0 Å². The van der Waals surface area contributed by atoms with Crippen LogP contribution in [0.5, 0.6) is 0 Å². The average Bonchev–Trinajstić information content (AvgIpc) is 3.09. The van der Waals surface area contributed by atoms with E-state index >= 15 is 0 Å². The zero-order valence-electron chi connectivity index (χ0n) is 9.80. The van der Waals surface area contributed by atoms with E-state index in [9.17, 15) is 0 Å². The summed E-state index contributed by atoms with van der Waals surface area (Å²) >= 11 is 1.62. The molecule has 0 bridgehead atoms. The molecule has 0 spiro atoms. The van der Waals surface area contributed by atoms with Crippen molar-refractivity contribution in [1.82, 2.24) is 15.1 Å². The Labute approximate surface area is 104 Å². The van der Waals surface area contributed by atoms with Gasteiger partial charge in [0.15, 0.2) is 0 Å². The predicted octanol–water partition coefficient (Wildman–Crippen LogP) is 2.95. The van der Waals surface area contributed by atoms with Crippen LogP contribution < -0.4 is 0 Å². The molecule has 5 heteroatoms. The quantitative estimate of drug-likeness (QED) is 0.838. The van der Waals surface area contributed by atoms with Crippen LogP contribution in [0.1, 0.15) is 31.7 Å². The molecule has 17 heavy (non-hydrogen) atoms. The van der Waals surface area contributed by atoms with Crippen LogP contribution in [0.2, 0.25) is 0 Å². The predicted molar refractivity (Wildman–Crippen MR) is 66.8 cm³/mol. The fraction of sp³-hybridized carbons (Fsp3) is 0.500. The monoisotopic (exact) mass is 249 g/mol. The topological polar surface area (TPSA) is 42.2 Å². The van der Waals surface area contributed by atoms with Gasteiger partial charge in [-0.3, -0.25) is 4.90 Å². The second kappa shape index (κ2) is 4.58. The van der Waals surface area contributed by atoms with Crippen molar-refractivity contribution in [1.29, 1.82) is 0 Å². The molecule has 0 aromatic carbocycles. The van der Waals surface area contributed by atoms with Crippen molar-refractivity contribution in [2.24, 2.45) is 0 Å². The van der Waals surface area contributed by atoms with E-state index in [0.29, 0.717) is 5.89 Å². The number of rotatable bonds is 3. The Morgan fingerprint density at radius 2 is 2.18 bits per heavy atom. The zero-order chi connectivity index (χ0) is 11.7. The molecule has 2 aromatic rings. The third-order valence-corrected chi connectivity index (χ3v) is 4.08. The number of thiophene rings is 1. The van der Waals surface area contributed by atoms with E-state index in [1.165, 1.54) is 12.8 Å². The molecule has 0 radical (unpaired) electrons. The molecule has 1 unspecified atom stereocenters. The van der Waals surface area contributed by atoms with Gasteiger partial charge in [0.1, 0.15) is 0 Å². The van der Waals surface area contributed by atoms with E-state index in [2.05, 4.69) is 22.0 Å². The Bertz CT molecular complexity index is 474. The molecule has 4 nitrogen and oxygen atoms in total. The highest BCUT2D eigenvalue weighted by molar-refractivity contribution is 7.13. The van der Waals surface area contributed by atoms with Crippen molar-refractivity contribution in [2.75, 3.05) is 13.1 Å². The first-order valence-electron chi connectivity index (χ1n) is 5.96. The van der Waals surface area contributed by atoms with Crippen LogP contribution in [-0.2, 0) is 0 Å². The molecule has 1 saturated heterocycles. The van der Waals surface area contributed by atoms with Crippen molar-refractivity contribution in [3.8, 4) is 10.8 Å². The summed E-state index contributed by atoms with van der Waals surface area (Å²) in [6, 6.07) is 4.23. The molecule has 0 saturated carbocycles. The van der Waals surface area contributed by atoms with Crippen LogP contribution in [0, 0.1) is 0 Å². The Balaban J connectivity index is 1.80. The van der Waals surface area contributed by atoms with Crippen molar-refractivity contribution in [2.45, 2.75) is 25.8 Å². The molecule has 90 valence electrons. The largest absolute Gasteiger partial charge is 0.418 e. The van der Waals surface area contributed by atoms with Gasteiger partial charge in [-0.05, 0) is 44.3 Å². The average molecular weight is 249 g/mol. The van der Waals surface area contributed by atoms with E-state index < -0.39 is 0 Å². The maximum Gasteiger partial charge on any atom is 0.257 e. The van der Waals surface area contributed by atoms with Crippen LogP contribution in [0.15, 0.2) is 21.9 Å². The molecule has 2 aromatic heterocycles. The third kappa shape index (κ3) is 2.12. The molecular formula is C12H15N3OS. The van der Waals surface area contributed by atoms with Gasteiger partial charge in [-0.15, -0.1) is 21.5 Å². The van der Waals surface area contributed by atoms with E-state index in [0.717, 1.165) is 23.9 Å². The molecule has 1 fully saturated rings. The third-order valence-electron chi connectivity index (χ3n) is 3.22. The van der Waals surface area contributed by atoms with Crippen LogP contribution in [0.4, 0.5) is 0 Å². The second-order valence-corrected chi connectivity index (χ2v) is 5.29. The summed E-state index contributed by atoms with van der Waals surface area (Å²) in [6.45, 7) is 4.41. The summed E-state index contributed by atoms with van der Waals surface area (Å²) in [6.07, 6.45) is 2.55. The molecule has 1 aliphatic rings. The molecule has 0 N–H and O–H groups in total. The fourth-order valence-corrected chi connectivity index (χ4v) is 2.83. The van der Waals surface area contributed by atoms with Crippen LogP contribution in [-0.4, -0.2) is 28.2 Å². The molecule has 3 heterocycles. The SMILES string of the molecule is CC(c1nnc(-c2cccs2)o1)N1CCCC1. The van der Waals surface area contributed by atoms with Crippen molar-refractivity contribution < 1.29 is 4.42 Å². The smallest absolute Gasteiger partial charge is 0.257 e. The first kappa shape index (κ1) is 10.9. The minimum Gasteiger partial charge on any atom is -0.418 e. The highest BCUT2D eigenvalue weighted by Gasteiger charge is 2.24. The molecule has 1 aliphatic heterocycles. The lowest BCUT2D eigenvalue weighted by molar-refractivity contribution is 0.226.